The molecule has 5 aromatic rings. The molecule has 0 saturated carbocycles. The summed E-state index contributed by atoms with van der Waals surface area (Å²) < 4.78 is 10.8. The number of oxazole rings is 2. The molecule has 0 radical (unpaired) electrons. The monoisotopic (exact) mass is 312 g/mol. The number of benzene rings is 3. The average Bonchev–Trinajstić information content (AvgIpc) is 3.30. The number of rotatable bonds is 2. The molecule has 0 N–H and O–H groups in total. The van der Waals surface area contributed by atoms with Crippen LogP contribution in [0.3, 0.4) is 0 Å². The van der Waals surface area contributed by atoms with Gasteiger partial charge in [-0.15, -0.1) is 0 Å². The molecule has 5 rings (SSSR count). The summed E-state index contributed by atoms with van der Waals surface area (Å²) in [6.45, 7) is 0. The molecule has 0 aliphatic heterocycles. The lowest BCUT2D eigenvalue weighted by Crippen LogP contribution is -1.84. The van der Waals surface area contributed by atoms with Gasteiger partial charge in [0.15, 0.2) is 24.0 Å². The van der Waals surface area contributed by atoms with Crippen LogP contribution in [0.25, 0.3) is 44.5 Å². The van der Waals surface area contributed by atoms with E-state index in [9.17, 15) is 0 Å². The Kier molecular flexibility index (Phi) is 2.76. The summed E-state index contributed by atoms with van der Waals surface area (Å²) in [5.41, 5.74) is 7.60. The van der Waals surface area contributed by atoms with Gasteiger partial charge in [-0.1, -0.05) is 42.5 Å². The van der Waals surface area contributed by atoms with Gasteiger partial charge in [-0.25, -0.2) is 9.97 Å². The minimum atomic E-state index is 0.788. The molecule has 0 bridgehead atoms. The molecule has 4 heteroatoms. The summed E-state index contributed by atoms with van der Waals surface area (Å²) in [7, 11) is 0. The van der Waals surface area contributed by atoms with E-state index in [4.69, 9.17) is 8.83 Å². The molecular weight excluding hydrogens is 300 g/mol. The summed E-state index contributed by atoms with van der Waals surface area (Å²) in [5, 5.41) is 0. The van der Waals surface area contributed by atoms with Crippen molar-refractivity contribution >= 4 is 22.2 Å². The first kappa shape index (κ1) is 13.1. The second-order valence-corrected chi connectivity index (χ2v) is 5.59. The van der Waals surface area contributed by atoms with Gasteiger partial charge in [0, 0.05) is 11.1 Å². The minimum Gasteiger partial charge on any atom is -0.443 e. The highest BCUT2D eigenvalue weighted by Crippen LogP contribution is 2.33. The minimum absolute atomic E-state index is 0.788. The van der Waals surface area contributed by atoms with E-state index in [1.807, 2.05) is 30.3 Å². The van der Waals surface area contributed by atoms with E-state index in [0.717, 1.165) is 44.5 Å². The van der Waals surface area contributed by atoms with E-state index < -0.39 is 0 Å². The first-order valence-electron chi connectivity index (χ1n) is 7.65. The molecule has 0 atom stereocenters. The zero-order valence-corrected chi connectivity index (χ0v) is 12.6. The summed E-state index contributed by atoms with van der Waals surface area (Å²) in [6.07, 6.45) is 2.96. The van der Waals surface area contributed by atoms with Gasteiger partial charge in [-0.2, -0.15) is 0 Å². The molecule has 0 aliphatic rings. The molecule has 4 nitrogen and oxygen atoms in total. The molecule has 114 valence electrons. The van der Waals surface area contributed by atoms with Crippen molar-refractivity contribution in [2.45, 2.75) is 0 Å². The Morgan fingerprint density at radius 3 is 1.62 bits per heavy atom. The smallest absolute Gasteiger partial charge is 0.182 e. The van der Waals surface area contributed by atoms with Gasteiger partial charge >= 0.3 is 0 Å². The van der Waals surface area contributed by atoms with E-state index in [-0.39, 0.29) is 0 Å². The molecule has 0 unspecified atom stereocenters. The number of nitrogens with zero attached hydrogens (tertiary/aromatic N) is 2. The Balaban J connectivity index is 1.72. The fourth-order valence-corrected chi connectivity index (χ4v) is 3.09. The van der Waals surface area contributed by atoms with Crippen LogP contribution < -0.4 is 0 Å². The molecule has 0 aliphatic carbocycles. The quantitative estimate of drug-likeness (QED) is 0.443. The van der Waals surface area contributed by atoms with Gasteiger partial charge in [-0.05, 0) is 29.3 Å². The lowest BCUT2D eigenvalue weighted by molar-refractivity contribution is 0.602. The van der Waals surface area contributed by atoms with Crippen LogP contribution in [0.5, 0.6) is 0 Å². The van der Waals surface area contributed by atoms with Crippen LogP contribution in [0.1, 0.15) is 0 Å². The van der Waals surface area contributed by atoms with Crippen LogP contribution in [-0.2, 0) is 0 Å². The maximum Gasteiger partial charge on any atom is 0.182 e. The van der Waals surface area contributed by atoms with E-state index in [1.54, 1.807) is 0 Å². The SMILES string of the molecule is c1cc(-c2cccc3ocnc23)cc(-c2cccc3ocnc23)c1. The molecular formula is C20H12N2O2. The number of aromatic nitrogens is 2. The van der Waals surface area contributed by atoms with Crippen molar-refractivity contribution < 1.29 is 8.83 Å². The predicted molar refractivity (Wildman–Crippen MR) is 92.4 cm³/mol. The predicted octanol–water partition coefficient (Wildman–Crippen LogP) is 5.30. The zero-order valence-electron chi connectivity index (χ0n) is 12.6. The van der Waals surface area contributed by atoms with E-state index in [2.05, 4.69) is 40.3 Å². The van der Waals surface area contributed by atoms with Crippen molar-refractivity contribution in [3.63, 3.8) is 0 Å². The third kappa shape index (κ3) is 1.93. The van der Waals surface area contributed by atoms with Crippen molar-refractivity contribution in [3.05, 3.63) is 73.5 Å². The first-order valence-corrected chi connectivity index (χ1v) is 7.65. The lowest BCUT2D eigenvalue weighted by atomic mass is 9.98. The van der Waals surface area contributed by atoms with Crippen molar-refractivity contribution in [2.75, 3.05) is 0 Å². The fraction of sp³-hybridized carbons (Fsp3) is 0. The Hall–Kier alpha value is -3.40. The number of hydrogen-bond acceptors (Lipinski definition) is 4. The molecule has 2 aromatic heterocycles. The molecule has 0 amide bonds. The van der Waals surface area contributed by atoms with Gasteiger partial charge < -0.3 is 8.83 Å². The van der Waals surface area contributed by atoms with Crippen molar-refractivity contribution in [1.82, 2.24) is 9.97 Å². The van der Waals surface area contributed by atoms with E-state index >= 15 is 0 Å². The molecule has 2 heterocycles. The normalized spacial score (nSPS) is 11.3. The van der Waals surface area contributed by atoms with Crippen LogP contribution in [-0.4, -0.2) is 9.97 Å². The van der Waals surface area contributed by atoms with Crippen LogP contribution in [0.2, 0.25) is 0 Å². The van der Waals surface area contributed by atoms with Crippen LogP contribution in [0.4, 0.5) is 0 Å². The summed E-state index contributed by atoms with van der Waals surface area (Å²) in [4.78, 5) is 8.69. The average molecular weight is 312 g/mol. The number of fused-ring (bicyclic) bond motifs is 2. The zero-order chi connectivity index (χ0) is 15.9. The molecule has 0 spiro atoms. The van der Waals surface area contributed by atoms with Crippen molar-refractivity contribution in [1.29, 1.82) is 0 Å². The maximum absolute atomic E-state index is 5.41. The van der Waals surface area contributed by atoms with Crippen LogP contribution >= 0.6 is 0 Å². The highest BCUT2D eigenvalue weighted by atomic mass is 16.3. The maximum atomic E-state index is 5.41. The van der Waals surface area contributed by atoms with Crippen LogP contribution in [0, 0.1) is 0 Å². The van der Waals surface area contributed by atoms with Gasteiger partial charge in [0.2, 0.25) is 0 Å². The first-order chi connectivity index (χ1) is 11.9. The Bertz CT molecular complexity index is 1080. The largest absolute Gasteiger partial charge is 0.443 e. The Morgan fingerprint density at radius 2 is 1.08 bits per heavy atom. The Morgan fingerprint density at radius 1 is 0.583 bits per heavy atom. The van der Waals surface area contributed by atoms with Crippen molar-refractivity contribution in [3.8, 4) is 22.3 Å². The second-order valence-electron chi connectivity index (χ2n) is 5.59. The topological polar surface area (TPSA) is 52.1 Å². The van der Waals surface area contributed by atoms with Crippen molar-refractivity contribution in [2.24, 2.45) is 0 Å². The van der Waals surface area contributed by atoms with Crippen LogP contribution in [0.15, 0.2) is 82.3 Å². The van der Waals surface area contributed by atoms with Gasteiger partial charge in [0.25, 0.3) is 0 Å². The Labute approximate surface area is 137 Å². The summed E-state index contributed by atoms with van der Waals surface area (Å²) >= 11 is 0. The standard InChI is InChI=1S/C20H12N2O2/c1-4-13(15-6-2-8-17-19(15)21-11-23-17)10-14(5-1)16-7-3-9-18-20(16)22-12-24-18/h1-12H. The number of para-hydroxylation sites is 2. The van der Waals surface area contributed by atoms with E-state index in [1.165, 1.54) is 12.8 Å². The summed E-state index contributed by atoms with van der Waals surface area (Å²) in [5.74, 6) is 0. The highest BCUT2D eigenvalue weighted by Gasteiger charge is 2.11. The molecule has 0 saturated heterocycles. The summed E-state index contributed by atoms with van der Waals surface area (Å²) in [6, 6.07) is 20.3. The third-order valence-corrected chi connectivity index (χ3v) is 4.21. The third-order valence-electron chi connectivity index (χ3n) is 4.21. The molecule has 24 heavy (non-hydrogen) atoms. The highest BCUT2D eigenvalue weighted by molar-refractivity contribution is 5.94. The van der Waals surface area contributed by atoms with Gasteiger partial charge in [0.1, 0.15) is 11.0 Å². The van der Waals surface area contributed by atoms with E-state index in [0.29, 0.717) is 0 Å². The van der Waals surface area contributed by atoms with Gasteiger partial charge in [-0.3, -0.25) is 0 Å². The number of hydrogen-bond donors (Lipinski definition) is 0. The molecule has 0 fully saturated rings. The van der Waals surface area contributed by atoms with Gasteiger partial charge in [0.05, 0.1) is 0 Å². The fourth-order valence-electron chi connectivity index (χ4n) is 3.09. The lowest BCUT2D eigenvalue weighted by Gasteiger charge is -2.07. The molecule has 3 aromatic carbocycles. The second kappa shape index (κ2) is 5.06.